The van der Waals surface area contributed by atoms with Crippen LogP contribution in [0.2, 0.25) is 0 Å². The predicted molar refractivity (Wildman–Crippen MR) is 79.6 cm³/mol. The van der Waals surface area contributed by atoms with Crippen LogP contribution in [0.5, 0.6) is 0 Å². The molecule has 0 amide bonds. The maximum Gasteiger partial charge on any atom is 0.338 e. The molecule has 106 valence electrons. The van der Waals surface area contributed by atoms with Gasteiger partial charge in [0, 0.05) is 12.0 Å². The molecule has 21 heavy (non-hydrogen) atoms. The number of hydrogen-bond acceptors (Lipinski definition) is 3. The van der Waals surface area contributed by atoms with E-state index in [-0.39, 0.29) is 5.78 Å². The molecule has 1 unspecified atom stereocenters. The molecule has 3 heteroatoms. The topological polar surface area (TPSA) is 43.4 Å². The van der Waals surface area contributed by atoms with E-state index in [1.54, 1.807) is 24.3 Å². The minimum absolute atomic E-state index is 0.0875. The van der Waals surface area contributed by atoms with Crippen molar-refractivity contribution in [3.05, 3.63) is 70.3 Å². The molecule has 0 aliphatic heterocycles. The molecule has 3 rings (SSSR count). The minimum Gasteiger partial charge on any atom is -0.450 e. The molecule has 0 saturated carbocycles. The Bertz CT molecular complexity index is 717. The number of hydrogen-bond donors (Lipinski definition) is 0. The van der Waals surface area contributed by atoms with E-state index in [9.17, 15) is 9.59 Å². The lowest BCUT2D eigenvalue weighted by Crippen LogP contribution is -2.24. The molecule has 2 aromatic carbocycles. The molecule has 1 aliphatic rings. The second-order valence-electron chi connectivity index (χ2n) is 5.38. The minimum atomic E-state index is -0.701. The van der Waals surface area contributed by atoms with Crippen LogP contribution in [0.3, 0.4) is 0 Å². The third-order valence-electron chi connectivity index (χ3n) is 3.94. The van der Waals surface area contributed by atoms with Crippen molar-refractivity contribution in [2.45, 2.75) is 26.4 Å². The Hall–Kier alpha value is -2.42. The fourth-order valence-corrected chi connectivity index (χ4v) is 2.78. The number of fused-ring (bicyclic) bond motifs is 1. The molecule has 0 N–H and O–H groups in total. The molecule has 0 heterocycles. The summed E-state index contributed by atoms with van der Waals surface area (Å²) in [7, 11) is 0. The van der Waals surface area contributed by atoms with Crippen LogP contribution in [0.25, 0.3) is 0 Å². The van der Waals surface area contributed by atoms with E-state index >= 15 is 0 Å². The van der Waals surface area contributed by atoms with Crippen molar-refractivity contribution in [2.24, 2.45) is 0 Å². The fraction of sp³-hybridized carbons (Fsp3) is 0.222. The summed E-state index contributed by atoms with van der Waals surface area (Å²) >= 11 is 0. The molecule has 0 bridgehead atoms. The Labute approximate surface area is 123 Å². The van der Waals surface area contributed by atoms with E-state index in [4.69, 9.17) is 4.74 Å². The molecule has 0 aromatic heterocycles. The van der Waals surface area contributed by atoms with Gasteiger partial charge in [-0.3, -0.25) is 4.79 Å². The first-order valence-corrected chi connectivity index (χ1v) is 6.97. The van der Waals surface area contributed by atoms with Crippen molar-refractivity contribution >= 4 is 11.8 Å². The van der Waals surface area contributed by atoms with Gasteiger partial charge < -0.3 is 4.74 Å². The third kappa shape index (κ3) is 2.35. The zero-order valence-electron chi connectivity index (χ0n) is 12.1. The summed E-state index contributed by atoms with van der Waals surface area (Å²) in [6.07, 6.45) is -0.229. The van der Waals surface area contributed by atoms with Crippen LogP contribution in [0.15, 0.2) is 42.5 Å². The first-order chi connectivity index (χ1) is 10.1. The van der Waals surface area contributed by atoms with Crippen molar-refractivity contribution in [3.8, 4) is 0 Å². The zero-order valence-corrected chi connectivity index (χ0v) is 12.1. The number of benzene rings is 2. The number of aryl methyl sites for hydroxylation is 2. The molecular weight excluding hydrogens is 264 g/mol. The highest BCUT2D eigenvalue weighted by Crippen LogP contribution is 2.30. The fourth-order valence-electron chi connectivity index (χ4n) is 2.78. The second-order valence-corrected chi connectivity index (χ2v) is 5.38. The van der Waals surface area contributed by atoms with Crippen LogP contribution >= 0.6 is 0 Å². The standard InChI is InChI=1S/C18H16O3/c1-11-8-9-12(2)16-14(11)10-15(17(16)19)21-18(20)13-6-4-3-5-7-13/h3-9,15H,10H2,1-2H3. The number of carbonyl (C=O) groups is 2. The first kappa shape index (κ1) is 13.6. The van der Waals surface area contributed by atoms with Crippen LogP contribution in [-0.2, 0) is 11.2 Å². The Morgan fingerprint density at radius 3 is 2.38 bits per heavy atom. The number of ketones is 1. The van der Waals surface area contributed by atoms with E-state index in [1.807, 2.05) is 32.0 Å². The summed E-state index contributed by atoms with van der Waals surface area (Å²) in [4.78, 5) is 24.6. The van der Waals surface area contributed by atoms with Gasteiger partial charge in [0.2, 0.25) is 5.78 Å². The van der Waals surface area contributed by atoms with Crippen LogP contribution in [0.4, 0.5) is 0 Å². The Morgan fingerprint density at radius 2 is 1.71 bits per heavy atom. The largest absolute Gasteiger partial charge is 0.450 e. The highest BCUT2D eigenvalue weighted by Gasteiger charge is 2.35. The second kappa shape index (κ2) is 5.17. The van der Waals surface area contributed by atoms with Gasteiger partial charge in [0.1, 0.15) is 0 Å². The molecule has 2 aromatic rings. The predicted octanol–water partition coefficient (Wildman–Crippen LogP) is 3.27. The summed E-state index contributed by atoms with van der Waals surface area (Å²) in [5, 5.41) is 0. The molecule has 3 nitrogen and oxygen atoms in total. The van der Waals surface area contributed by atoms with Gasteiger partial charge in [-0.25, -0.2) is 4.79 Å². The van der Waals surface area contributed by atoms with Gasteiger partial charge in [-0.15, -0.1) is 0 Å². The molecule has 1 atom stereocenters. The van der Waals surface area contributed by atoms with Crippen LogP contribution in [-0.4, -0.2) is 17.9 Å². The van der Waals surface area contributed by atoms with Crippen molar-refractivity contribution in [3.63, 3.8) is 0 Å². The van der Waals surface area contributed by atoms with E-state index in [2.05, 4.69) is 0 Å². The maximum absolute atomic E-state index is 12.5. The third-order valence-corrected chi connectivity index (χ3v) is 3.94. The van der Waals surface area contributed by atoms with Crippen molar-refractivity contribution in [1.82, 2.24) is 0 Å². The van der Waals surface area contributed by atoms with Crippen molar-refractivity contribution in [2.75, 3.05) is 0 Å². The van der Waals surface area contributed by atoms with Gasteiger partial charge in [0.05, 0.1) is 5.56 Å². The highest BCUT2D eigenvalue weighted by molar-refractivity contribution is 6.06. The van der Waals surface area contributed by atoms with Crippen molar-refractivity contribution in [1.29, 1.82) is 0 Å². The van der Waals surface area contributed by atoms with Crippen LogP contribution < -0.4 is 0 Å². The van der Waals surface area contributed by atoms with Crippen LogP contribution in [0.1, 0.15) is 37.4 Å². The summed E-state index contributed by atoms with van der Waals surface area (Å²) in [6, 6.07) is 12.7. The summed E-state index contributed by atoms with van der Waals surface area (Å²) in [5.41, 5.74) is 4.21. The molecular formula is C18H16O3. The molecule has 0 radical (unpaired) electrons. The normalized spacial score (nSPS) is 16.7. The van der Waals surface area contributed by atoms with Gasteiger partial charge in [-0.2, -0.15) is 0 Å². The molecule has 0 spiro atoms. The van der Waals surface area contributed by atoms with E-state index in [1.165, 1.54) is 0 Å². The number of rotatable bonds is 2. The Morgan fingerprint density at radius 1 is 1.05 bits per heavy atom. The lowest BCUT2D eigenvalue weighted by Gasteiger charge is -2.10. The quantitative estimate of drug-likeness (QED) is 0.793. The average Bonchev–Trinajstić information content (AvgIpc) is 2.82. The zero-order chi connectivity index (χ0) is 15.0. The number of carbonyl (C=O) groups excluding carboxylic acids is 2. The van der Waals surface area contributed by atoms with Gasteiger partial charge in [0.25, 0.3) is 0 Å². The Balaban J connectivity index is 1.84. The Kier molecular flexibility index (Phi) is 3.34. The first-order valence-electron chi connectivity index (χ1n) is 6.97. The number of esters is 1. The van der Waals surface area contributed by atoms with Gasteiger partial charge >= 0.3 is 5.97 Å². The van der Waals surface area contributed by atoms with E-state index < -0.39 is 12.1 Å². The van der Waals surface area contributed by atoms with Gasteiger partial charge in [-0.1, -0.05) is 30.3 Å². The highest BCUT2D eigenvalue weighted by atomic mass is 16.5. The van der Waals surface area contributed by atoms with Crippen LogP contribution in [0, 0.1) is 13.8 Å². The molecule has 0 saturated heterocycles. The molecule has 0 fully saturated rings. The van der Waals surface area contributed by atoms with E-state index in [0.717, 1.165) is 22.3 Å². The lowest BCUT2D eigenvalue weighted by atomic mass is 10.00. The van der Waals surface area contributed by atoms with Crippen molar-refractivity contribution < 1.29 is 14.3 Å². The SMILES string of the molecule is Cc1ccc(C)c2c1CC(OC(=O)c1ccccc1)C2=O. The smallest absolute Gasteiger partial charge is 0.338 e. The maximum atomic E-state index is 12.5. The number of ether oxygens (including phenoxy) is 1. The van der Waals surface area contributed by atoms with Gasteiger partial charge in [-0.05, 0) is 42.7 Å². The molecule has 1 aliphatic carbocycles. The number of Topliss-reactive ketones (excluding diaryl/α,β-unsaturated/α-hetero) is 1. The average molecular weight is 280 g/mol. The van der Waals surface area contributed by atoms with E-state index in [0.29, 0.717) is 12.0 Å². The van der Waals surface area contributed by atoms with Gasteiger partial charge in [0.15, 0.2) is 6.10 Å². The summed E-state index contributed by atoms with van der Waals surface area (Å²) in [5.74, 6) is -0.535. The summed E-state index contributed by atoms with van der Waals surface area (Å²) in [6.45, 7) is 3.89. The monoisotopic (exact) mass is 280 g/mol. The lowest BCUT2D eigenvalue weighted by molar-refractivity contribution is 0.0304. The summed E-state index contributed by atoms with van der Waals surface area (Å²) < 4.78 is 5.41.